The van der Waals surface area contributed by atoms with Crippen molar-refractivity contribution in [2.24, 2.45) is 5.92 Å². The van der Waals surface area contributed by atoms with E-state index in [2.05, 4.69) is 24.5 Å². The number of rotatable bonds is 6. The van der Waals surface area contributed by atoms with Crippen LogP contribution in [-0.2, 0) is 4.79 Å². The van der Waals surface area contributed by atoms with Crippen LogP contribution in [0.5, 0.6) is 0 Å². The predicted molar refractivity (Wildman–Crippen MR) is 67.4 cm³/mol. The second-order valence-electron chi connectivity index (χ2n) is 4.37. The number of nitrogens with one attached hydrogen (secondary N) is 2. The summed E-state index contributed by atoms with van der Waals surface area (Å²) in [5, 5.41) is 5.54. The third kappa shape index (κ3) is 5.33. The molecule has 0 atom stereocenters. The quantitative estimate of drug-likeness (QED) is 0.799. The van der Waals surface area contributed by atoms with Crippen LogP contribution in [-0.4, -0.2) is 19.0 Å². The molecule has 1 amide bonds. The predicted octanol–water partition coefficient (Wildman–Crippen LogP) is 2.40. The molecule has 2 N–H and O–H groups in total. The van der Waals surface area contributed by atoms with Crippen molar-refractivity contribution in [3.8, 4) is 0 Å². The molecule has 1 rings (SSSR count). The second kappa shape index (κ2) is 6.89. The smallest absolute Gasteiger partial charge is 0.239 e. The highest BCUT2D eigenvalue weighted by molar-refractivity contribution is 5.80. The van der Waals surface area contributed by atoms with Gasteiger partial charge in [0.25, 0.3) is 0 Å². The van der Waals surface area contributed by atoms with Crippen molar-refractivity contribution < 1.29 is 9.18 Å². The zero-order valence-electron chi connectivity index (χ0n) is 10.3. The van der Waals surface area contributed by atoms with E-state index in [0.717, 1.165) is 6.42 Å². The van der Waals surface area contributed by atoms with Gasteiger partial charge in [-0.2, -0.15) is 0 Å². The zero-order chi connectivity index (χ0) is 12.7. The van der Waals surface area contributed by atoms with Crippen molar-refractivity contribution >= 4 is 11.6 Å². The van der Waals surface area contributed by atoms with Crippen LogP contribution in [0.25, 0.3) is 0 Å². The number of hydrogen-bond donors (Lipinski definition) is 2. The maximum Gasteiger partial charge on any atom is 0.239 e. The van der Waals surface area contributed by atoms with Crippen LogP contribution < -0.4 is 10.6 Å². The topological polar surface area (TPSA) is 41.1 Å². The van der Waals surface area contributed by atoms with E-state index in [-0.39, 0.29) is 18.3 Å². The maximum absolute atomic E-state index is 13.2. The standard InChI is InChI=1S/C13H19FN2O/c1-10(2)7-8-15-13(17)9-16-12-6-4-3-5-11(12)14/h3-6,10,16H,7-9H2,1-2H3,(H,15,17). The van der Waals surface area contributed by atoms with Crippen molar-refractivity contribution in [2.75, 3.05) is 18.4 Å². The van der Waals surface area contributed by atoms with Crippen LogP contribution in [0.15, 0.2) is 24.3 Å². The first-order chi connectivity index (χ1) is 8.09. The molecule has 0 aliphatic carbocycles. The monoisotopic (exact) mass is 238 g/mol. The summed E-state index contributed by atoms with van der Waals surface area (Å²) in [4.78, 5) is 11.4. The Hall–Kier alpha value is -1.58. The lowest BCUT2D eigenvalue weighted by molar-refractivity contribution is -0.119. The van der Waals surface area contributed by atoms with E-state index in [0.29, 0.717) is 18.2 Å². The average Bonchev–Trinajstić information content (AvgIpc) is 2.27. The number of carbonyl (C=O) groups excluding carboxylic acids is 1. The van der Waals surface area contributed by atoms with Crippen molar-refractivity contribution in [2.45, 2.75) is 20.3 Å². The van der Waals surface area contributed by atoms with Gasteiger partial charge in [-0.1, -0.05) is 26.0 Å². The first kappa shape index (κ1) is 13.5. The van der Waals surface area contributed by atoms with E-state index in [1.54, 1.807) is 18.2 Å². The van der Waals surface area contributed by atoms with Gasteiger partial charge in [0.15, 0.2) is 0 Å². The number of hydrogen-bond acceptors (Lipinski definition) is 2. The Labute approximate surface area is 101 Å². The van der Waals surface area contributed by atoms with Gasteiger partial charge in [0, 0.05) is 6.54 Å². The Morgan fingerprint density at radius 3 is 2.71 bits per heavy atom. The van der Waals surface area contributed by atoms with Crippen molar-refractivity contribution in [3.63, 3.8) is 0 Å². The van der Waals surface area contributed by atoms with Crippen LogP contribution in [0, 0.1) is 11.7 Å². The first-order valence-corrected chi connectivity index (χ1v) is 5.84. The molecule has 0 heterocycles. The van der Waals surface area contributed by atoms with Gasteiger partial charge >= 0.3 is 0 Å². The number of anilines is 1. The molecular weight excluding hydrogens is 219 g/mol. The fourth-order valence-electron chi connectivity index (χ4n) is 1.34. The van der Waals surface area contributed by atoms with Crippen molar-refractivity contribution in [3.05, 3.63) is 30.1 Å². The highest BCUT2D eigenvalue weighted by Crippen LogP contribution is 2.11. The summed E-state index contributed by atoms with van der Waals surface area (Å²) in [6.45, 7) is 4.96. The van der Waals surface area contributed by atoms with Gasteiger partial charge in [0.1, 0.15) is 5.82 Å². The third-order valence-corrected chi connectivity index (χ3v) is 2.36. The first-order valence-electron chi connectivity index (χ1n) is 5.84. The molecule has 0 bridgehead atoms. The largest absolute Gasteiger partial charge is 0.374 e. The molecule has 94 valence electrons. The molecule has 0 fully saturated rings. The van der Waals surface area contributed by atoms with Crippen LogP contribution in [0.1, 0.15) is 20.3 Å². The summed E-state index contributed by atoms with van der Waals surface area (Å²) >= 11 is 0. The summed E-state index contributed by atoms with van der Waals surface area (Å²) in [7, 11) is 0. The zero-order valence-corrected chi connectivity index (χ0v) is 10.3. The van der Waals surface area contributed by atoms with Gasteiger partial charge in [0.2, 0.25) is 5.91 Å². The molecular formula is C13H19FN2O. The molecule has 1 aromatic rings. The summed E-state index contributed by atoms with van der Waals surface area (Å²) in [5.41, 5.74) is 0.353. The summed E-state index contributed by atoms with van der Waals surface area (Å²) < 4.78 is 13.2. The molecule has 4 heteroatoms. The van der Waals surface area contributed by atoms with E-state index in [1.807, 2.05) is 0 Å². The Morgan fingerprint density at radius 2 is 2.06 bits per heavy atom. The van der Waals surface area contributed by atoms with Crippen LogP contribution in [0.2, 0.25) is 0 Å². The van der Waals surface area contributed by atoms with Crippen LogP contribution >= 0.6 is 0 Å². The maximum atomic E-state index is 13.2. The molecule has 0 radical (unpaired) electrons. The number of carbonyl (C=O) groups is 1. The van der Waals surface area contributed by atoms with Gasteiger partial charge in [-0.05, 0) is 24.5 Å². The Bertz CT molecular complexity index is 366. The second-order valence-corrected chi connectivity index (χ2v) is 4.37. The van der Waals surface area contributed by atoms with Crippen molar-refractivity contribution in [1.29, 1.82) is 0 Å². The molecule has 0 spiro atoms. The summed E-state index contributed by atoms with van der Waals surface area (Å²) in [6, 6.07) is 6.31. The Balaban J connectivity index is 2.26. The average molecular weight is 238 g/mol. The minimum Gasteiger partial charge on any atom is -0.374 e. The molecule has 1 aromatic carbocycles. The third-order valence-electron chi connectivity index (χ3n) is 2.36. The van der Waals surface area contributed by atoms with E-state index in [1.165, 1.54) is 6.07 Å². The Morgan fingerprint density at radius 1 is 1.35 bits per heavy atom. The summed E-state index contributed by atoms with van der Waals surface area (Å²) in [6.07, 6.45) is 0.950. The SMILES string of the molecule is CC(C)CCNC(=O)CNc1ccccc1F. The highest BCUT2D eigenvalue weighted by Gasteiger charge is 2.03. The molecule has 0 saturated heterocycles. The molecule has 0 unspecified atom stereocenters. The van der Waals surface area contributed by atoms with Crippen LogP contribution in [0.4, 0.5) is 10.1 Å². The van der Waals surface area contributed by atoms with E-state index >= 15 is 0 Å². The van der Waals surface area contributed by atoms with Crippen LogP contribution in [0.3, 0.4) is 0 Å². The fourth-order valence-corrected chi connectivity index (χ4v) is 1.34. The van der Waals surface area contributed by atoms with Crippen molar-refractivity contribution in [1.82, 2.24) is 5.32 Å². The van der Waals surface area contributed by atoms with E-state index < -0.39 is 0 Å². The Kier molecular flexibility index (Phi) is 5.46. The van der Waals surface area contributed by atoms with Gasteiger partial charge in [-0.25, -0.2) is 4.39 Å². The number of benzene rings is 1. The highest BCUT2D eigenvalue weighted by atomic mass is 19.1. The minimum atomic E-state index is -0.345. The van der Waals surface area contributed by atoms with E-state index in [4.69, 9.17) is 0 Å². The van der Waals surface area contributed by atoms with Gasteiger partial charge in [-0.3, -0.25) is 4.79 Å². The van der Waals surface area contributed by atoms with Gasteiger partial charge in [-0.15, -0.1) is 0 Å². The minimum absolute atomic E-state index is 0.0963. The molecule has 0 aromatic heterocycles. The molecule has 0 saturated carbocycles. The molecule has 0 aliphatic heterocycles. The lowest BCUT2D eigenvalue weighted by Gasteiger charge is -2.09. The lowest BCUT2D eigenvalue weighted by atomic mass is 10.1. The number of para-hydroxylation sites is 1. The van der Waals surface area contributed by atoms with Gasteiger partial charge in [0.05, 0.1) is 12.2 Å². The number of halogens is 1. The number of amides is 1. The normalized spacial score (nSPS) is 10.4. The van der Waals surface area contributed by atoms with Gasteiger partial charge < -0.3 is 10.6 Å². The lowest BCUT2D eigenvalue weighted by Crippen LogP contribution is -2.31. The molecule has 3 nitrogen and oxygen atoms in total. The molecule has 17 heavy (non-hydrogen) atoms. The van der Waals surface area contributed by atoms with E-state index in [9.17, 15) is 9.18 Å². The fraction of sp³-hybridized carbons (Fsp3) is 0.462. The molecule has 0 aliphatic rings. The summed E-state index contributed by atoms with van der Waals surface area (Å²) in [5.74, 6) is 0.103.